The molecule has 0 aliphatic rings. The first-order chi connectivity index (χ1) is 10.1. The first-order valence-corrected chi connectivity index (χ1v) is 6.70. The van der Waals surface area contributed by atoms with Gasteiger partial charge in [0.1, 0.15) is 17.2 Å². The van der Waals surface area contributed by atoms with Gasteiger partial charge in [0.15, 0.2) is 0 Å². The molecule has 0 spiro atoms. The summed E-state index contributed by atoms with van der Waals surface area (Å²) >= 11 is 0. The van der Waals surface area contributed by atoms with E-state index >= 15 is 0 Å². The Morgan fingerprint density at radius 3 is 2.81 bits per heavy atom. The van der Waals surface area contributed by atoms with Crippen molar-refractivity contribution >= 4 is 17.5 Å². The van der Waals surface area contributed by atoms with Crippen molar-refractivity contribution in [3.05, 3.63) is 36.0 Å². The van der Waals surface area contributed by atoms with E-state index in [1.54, 1.807) is 0 Å². The summed E-state index contributed by atoms with van der Waals surface area (Å²) in [4.78, 5) is 26.3. The van der Waals surface area contributed by atoms with Gasteiger partial charge in [-0.1, -0.05) is 6.42 Å². The number of pyridine rings is 1. The topological polar surface area (TPSA) is 83.7 Å². The number of halogens is 1. The van der Waals surface area contributed by atoms with Crippen LogP contribution in [0.15, 0.2) is 24.5 Å². The molecular formula is C14H16FN3O3. The van der Waals surface area contributed by atoms with Crippen LogP contribution in [-0.4, -0.2) is 32.9 Å². The fourth-order valence-electron chi connectivity index (χ4n) is 1.94. The second kappa shape index (κ2) is 6.83. The minimum Gasteiger partial charge on any atom is -0.481 e. The van der Waals surface area contributed by atoms with E-state index in [4.69, 9.17) is 5.11 Å². The number of unbranched alkanes of at least 4 members (excludes halogenated alkanes) is 2. The molecule has 0 radical (unpaired) electrons. The van der Waals surface area contributed by atoms with Crippen molar-refractivity contribution in [3.8, 4) is 0 Å². The highest BCUT2D eigenvalue weighted by Crippen LogP contribution is 2.07. The lowest BCUT2D eigenvalue weighted by Gasteiger charge is -2.02. The summed E-state index contributed by atoms with van der Waals surface area (Å²) in [5, 5.41) is 11.2. The molecule has 0 fully saturated rings. The maximum atomic E-state index is 13.0. The number of nitrogens with one attached hydrogen (secondary N) is 1. The summed E-state index contributed by atoms with van der Waals surface area (Å²) in [6, 6.07) is 2.78. The van der Waals surface area contributed by atoms with Gasteiger partial charge in [0, 0.05) is 25.4 Å². The number of hydrogen-bond acceptors (Lipinski definition) is 3. The summed E-state index contributed by atoms with van der Waals surface area (Å²) in [6.45, 7) is 0.459. The molecule has 0 aromatic carbocycles. The van der Waals surface area contributed by atoms with Crippen molar-refractivity contribution in [2.24, 2.45) is 0 Å². The maximum absolute atomic E-state index is 13.0. The average molecular weight is 293 g/mol. The van der Waals surface area contributed by atoms with Crippen LogP contribution in [0.5, 0.6) is 0 Å². The zero-order valence-corrected chi connectivity index (χ0v) is 11.4. The van der Waals surface area contributed by atoms with Gasteiger partial charge in [-0.15, -0.1) is 0 Å². The molecule has 2 aromatic rings. The molecule has 0 aliphatic carbocycles. The Labute approximate surface area is 120 Å². The lowest BCUT2D eigenvalue weighted by molar-refractivity contribution is -0.137. The highest BCUT2D eigenvalue weighted by Gasteiger charge is 2.10. The first kappa shape index (κ1) is 15.0. The van der Waals surface area contributed by atoms with Crippen LogP contribution in [0.3, 0.4) is 0 Å². The molecule has 2 N–H and O–H groups in total. The molecule has 21 heavy (non-hydrogen) atoms. The molecular weight excluding hydrogens is 277 g/mol. The summed E-state index contributed by atoms with van der Waals surface area (Å²) in [6.07, 6.45) is 4.91. The third kappa shape index (κ3) is 4.27. The molecule has 0 atom stereocenters. The minimum atomic E-state index is -0.809. The minimum absolute atomic E-state index is 0.145. The van der Waals surface area contributed by atoms with Crippen LogP contribution in [0.4, 0.5) is 4.39 Å². The van der Waals surface area contributed by atoms with Crippen LogP contribution in [0.25, 0.3) is 5.65 Å². The van der Waals surface area contributed by atoms with Crippen LogP contribution in [-0.2, 0) is 4.79 Å². The fraction of sp³-hybridized carbons (Fsp3) is 0.357. The Balaban J connectivity index is 1.81. The van der Waals surface area contributed by atoms with Crippen molar-refractivity contribution in [3.63, 3.8) is 0 Å². The molecule has 2 rings (SSSR count). The van der Waals surface area contributed by atoms with E-state index < -0.39 is 11.8 Å². The summed E-state index contributed by atoms with van der Waals surface area (Å²) in [7, 11) is 0. The van der Waals surface area contributed by atoms with E-state index in [-0.39, 0.29) is 18.0 Å². The van der Waals surface area contributed by atoms with Gasteiger partial charge in [-0.05, 0) is 25.0 Å². The number of carboxylic acid groups (broad SMARTS) is 1. The zero-order valence-electron chi connectivity index (χ0n) is 11.4. The Morgan fingerprint density at radius 2 is 2.05 bits per heavy atom. The number of carboxylic acids is 1. The smallest absolute Gasteiger partial charge is 0.303 e. The number of imidazole rings is 1. The number of aliphatic carboxylic acids is 1. The molecule has 0 bridgehead atoms. The van der Waals surface area contributed by atoms with Gasteiger partial charge in [-0.25, -0.2) is 9.37 Å². The van der Waals surface area contributed by atoms with Crippen LogP contribution in [0, 0.1) is 5.82 Å². The van der Waals surface area contributed by atoms with E-state index in [1.165, 1.54) is 28.9 Å². The summed E-state index contributed by atoms with van der Waals surface area (Å²) in [5.41, 5.74) is 0.731. The first-order valence-electron chi connectivity index (χ1n) is 6.70. The van der Waals surface area contributed by atoms with Gasteiger partial charge < -0.3 is 14.8 Å². The number of rotatable bonds is 7. The quantitative estimate of drug-likeness (QED) is 0.763. The molecule has 0 aliphatic heterocycles. The molecule has 0 saturated carbocycles. The van der Waals surface area contributed by atoms with Crippen molar-refractivity contribution < 1.29 is 19.1 Å². The molecule has 2 aromatic heterocycles. The largest absolute Gasteiger partial charge is 0.481 e. The second-order valence-electron chi connectivity index (χ2n) is 4.70. The number of nitrogens with zero attached hydrogens (tertiary/aromatic N) is 2. The van der Waals surface area contributed by atoms with Gasteiger partial charge >= 0.3 is 5.97 Å². The molecule has 1 amide bonds. The average Bonchev–Trinajstić information content (AvgIpc) is 2.85. The highest BCUT2D eigenvalue weighted by atomic mass is 19.1. The van der Waals surface area contributed by atoms with Gasteiger partial charge in [-0.3, -0.25) is 9.59 Å². The van der Waals surface area contributed by atoms with E-state index in [0.29, 0.717) is 25.0 Å². The third-order valence-corrected chi connectivity index (χ3v) is 3.00. The van der Waals surface area contributed by atoms with Crippen molar-refractivity contribution in [2.75, 3.05) is 6.54 Å². The third-order valence-electron chi connectivity index (χ3n) is 3.00. The van der Waals surface area contributed by atoms with Crippen molar-refractivity contribution in [1.29, 1.82) is 0 Å². The Bertz CT molecular complexity index is 654. The monoisotopic (exact) mass is 293 g/mol. The number of aromatic nitrogens is 2. The molecule has 7 heteroatoms. The van der Waals surface area contributed by atoms with Crippen LogP contribution < -0.4 is 5.32 Å². The highest BCUT2D eigenvalue weighted by molar-refractivity contribution is 5.92. The molecule has 2 heterocycles. The Kier molecular flexibility index (Phi) is 4.86. The van der Waals surface area contributed by atoms with Crippen LogP contribution in [0.1, 0.15) is 36.2 Å². The molecule has 112 valence electrons. The van der Waals surface area contributed by atoms with Crippen molar-refractivity contribution in [1.82, 2.24) is 14.7 Å². The predicted octanol–water partition coefficient (Wildman–Crippen LogP) is 1.85. The number of carbonyl (C=O) groups excluding carboxylic acids is 1. The SMILES string of the molecule is O=C(O)CCCCCNC(=O)c1cn2cc(F)ccc2n1. The molecule has 0 saturated heterocycles. The van der Waals surface area contributed by atoms with E-state index in [9.17, 15) is 14.0 Å². The number of carbonyl (C=O) groups is 2. The number of hydrogen-bond donors (Lipinski definition) is 2. The number of fused-ring (bicyclic) bond motifs is 1. The van der Waals surface area contributed by atoms with E-state index in [0.717, 1.165) is 6.42 Å². The van der Waals surface area contributed by atoms with Gasteiger partial charge in [0.25, 0.3) is 5.91 Å². The van der Waals surface area contributed by atoms with E-state index in [1.807, 2.05) is 0 Å². The lowest BCUT2D eigenvalue weighted by Crippen LogP contribution is -2.24. The van der Waals surface area contributed by atoms with E-state index in [2.05, 4.69) is 10.3 Å². The fourth-order valence-corrected chi connectivity index (χ4v) is 1.94. The maximum Gasteiger partial charge on any atom is 0.303 e. The molecule has 6 nitrogen and oxygen atoms in total. The molecule has 0 unspecified atom stereocenters. The Morgan fingerprint density at radius 1 is 1.24 bits per heavy atom. The number of amides is 1. The predicted molar refractivity (Wildman–Crippen MR) is 73.6 cm³/mol. The lowest BCUT2D eigenvalue weighted by atomic mass is 10.2. The summed E-state index contributed by atoms with van der Waals surface area (Å²) in [5.74, 6) is -1.53. The van der Waals surface area contributed by atoms with Crippen LogP contribution in [0.2, 0.25) is 0 Å². The van der Waals surface area contributed by atoms with Gasteiger partial charge in [0.2, 0.25) is 0 Å². The Hall–Kier alpha value is -2.44. The zero-order chi connectivity index (χ0) is 15.2. The van der Waals surface area contributed by atoms with Crippen LogP contribution >= 0.6 is 0 Å². The normalized spacial score (nSPS) is 10.7. The second-order valence-corrected chi connectivity index (χ2v) is 4.70. The standard InChI is InChI=1S/C14H16FN3O3/c15-10-5-6-12-17-11(9-18(12)8-10)14(21)16-7-3-1-2-4-13(19)20/h5-6,8-9H,1-4,7H2,(H,16,21)(H,19,20). The summed E-state index contributed by atoms with van der Waals surface area (Å²) < 4.78 is 14.5. The van der Waals surface area contributed by atoms with Crippen molar-refractivity contribution in [2.45, 2.75) is 25.7 Å². The van der Waals surface area contributed by atoms with Gasteiger partial charge in [0.05, 0.1) is 0 Å². The van der Waals surface area contributed by atoms with Gasteiger partial charge in [-0.2, -0.15) is 0 Å².